The second-order valence-corrected chi connectivity index (χ2v) is 8.67. The predicted octanol–water partition coefficient (Wildman–Crippen LogP) is 3.12. The van der Waals surface area contributed by atoms with E-state index in [1.165, 1.54) is 21.8 Å². The van der Waals surface area contributed by atoms with E-state index in [1.807, 2.05) is 11.0 Å². The molecule has 0 unspecified atom stereocenters. The number of aryl methyl sites for hydroxylation is 1. The Bertz CT molecular complexity index is 1180. The van der Waals surface area contributed by atoms with E-state index >= 15 is 0 Å². The van der Waals surface area contributed by atoms with E-state index in [-0.39, 0.29) is 11.8 Å². The molecule has 1 N–H and O–H groups in total. The number of hydrogen-bond donors (Lipinski definition) is 1. The molecule has 4 rings (SSSR count). The molecule has 1 aliphatic rings. The maximum Gasteiger partial charge on any atom is 0.246 e. The highest BCUT2D eigenvalue weighted by Gasteiger charge is 2.21. The highest BCUT2D eigenvalue weighted by atomic mass is 16.5. The van der Waals surface area contributed by atoms with Crippen molar-refractivity contribution in [1.29, 1.82) is 0 Å². The normalized spacial score (nSPS) is 14.9. The van der Waals surface area contributed by atoms with Gasteiger partial charge in [0.25, 0.3) is 0 Å². The summed E-state index contributed by atoms with van der Waals surface area (Å²) in [6.45, 7) is 7.38. The van der Waals surface area contributed by atoms with Gasteiger partial charge in [0.05, 0.1) is 6.54 Å². The van der Waals surface area contributed by atoms with Crippen LogP contribution in [-0.4, -0.2) is 79.2 Å². The van der Waals surface area contributed by atoms with Gasteiger partial charge in [0.1, 0.15) is 0 Å². The van der Waals surface area contributed by atoms with Crippen LogP contribution in [0, 0.1) is 0 Å². The third kappa shape index (κ3) is 5.48. The number of benzene rings is 2. The largest absolute Gasteiger partial charge is 0.385 e. The monoisotopic (exact) mass is 462 g/mol. The number of nitrogens with one attached hydrogen (secondary N) is 1. The number of amides is 2. The van der Waals surface area contributed by atoms with Crippen LogP contribution in [0.4, 0.5) is 0 Å². The maximum atomic E-state index is 12.8. The number of carbonyl (C=O) groups excluding carboxylic acids is 2. The topological polar surface area (TPSA) is 66.8 Å². The Morgan fingerprint density at radius 3 is 2.56 bits per heavy atom. The fourth-order valence-corrected chi connectivity index (χ4v) is 4.62. The number of carbonyl (C=O) groups is 2. The minimum atomic E-state index is 0.0137. The summed E-state index contributed by atoms with van der Waals surface area (Å²) >= 11 is 0. The molecule has 7 heteroatoms. The van der Waals surface area contributed by atoms with Crippen LogP contribution in [0.15, 0.2) is 48.5 Å². The van der Waals surface area contributed by atoms with Crippen LogP contribution < -0.4 is 5.32 Å². The fourth-order valence-electron chi connectivity index (χ4n) is 4.62. The average molecular weight is 463 g/mol. The molecule has 2 aromatic carbocycles. The first kappa shape index (κ1) is 24.0. The Labute approximate surface area is 200 Å². The first-order valence-corrected chi connectivity index (χ1v) is 12.1. The summed E-state index contributed by atoms with van der Waals surface area (Å²) in [7, 11) is 1.66. The van der Waals surface area contributed by atoms with E-state index in [9.17, 15) is 9.59 Å². The SMILES string of the molecule is CCn1c2ccccc2c2cc(/C=C/C(=O)N3CCN(CC(=O)NCCCOC)CC3)ccc21. The minimum Gasteiger partial charge on any atom is -0.385 e. The Kier molecular flexibility index (Phi) is 7.98. The third-order valence-corrected chi connectivity index (χ3v) is 6.43. The zero-order valence-corrected chi connectivity index (χ0v) is 20.1. The van der Waals surface area contributed by atoms with Crippen molar-refractivity contribution in [3.8, 4) is 0 Å². The van der Waals surface area contributed by atoms with Crippen molar-refractivity contribution < 1.29 is 14.3 Å². The van der Waals surface area contributed by atoms with E-state index in [0.29, 0.717) is 45.9 Å². The molecule has 0 spiro atoms. The Hall–Kier alpha value is -3.16. The van der Waals surface area contributed by atoms with Gasteiger partial charge in [0, 0.05) is 80.9 Å². The smallest absolute Gasteiger partial charge is 0.246 e. The molecule has 3 aromatic rings. The van der Waals surface area contributed by atoms with Crippen molar-refractivity contribution in [2.24, 2.45) is 0 Å². The predicted molar refractivity (Wildman–Crippen MR) is 137 cm³/mol. The molecular formula is C27H34N4O3. The lowest BCUT2D eigenvalue weighted by atomic mass is 10.1. The van der Waals surface area contributed by atoms with Crippen LogP contribution in [0.5, 0.6) is 0 Å². The van der Waals surface area contributed by atoms with Crippen LogP contribution in [-0.2, 0) is 20.9 Å². The molecule has 0 saturated carbocycles. The van der Waals surface area contributed by atoms with Crippen LogP contribution in [0.2, 0.25) is 0 Å². The van der Waals surface area contributed by atoms with Gasteiger partial charge in [-0.2, -0.15) is 0 Å². The molecular weight excluding hydrogens is 428 g/mol. The van der Waals surface area contributed by atoms with Gasteiger partial charge >= 0.3 is 0 Å². The van der Waals surface area contributed by atoms with Crippen molar-refractivity contribution in [1.82, 2.24) is 19.7 Å². The molecule has 1 saturated heterocycles. The van der Waals surface area contributed by atoms with Gasteiger partial charge in [0.15, 0.2) is 0 Å². The lowest BCUT2D eigenvalue weighted by Crippen LogP contribution is -2.50. The summed E-state index contributed by atoms with van der Waals surface area (Å²) < 4.78 is 7.31. The average Bonchev–Trinajstić information content (AvgIpc) is 3.18. The lowest BCUT2D eigenvalue weighted by molar-refractivity contribution is -0.128. The van der Waals surface area contributed by atoms with Gasteiger partial charge < -0.3 is 19.5 Å². The molecule has 0 bridgehead atoms. The molecule has 0 radical (unpaired) electrons. The number of ether oxygens (including phenoxy) is 1. The van der Waals surface area contributed by atoms with E-state index in [1.54, 1.807) is 13.2 Å². The zero-order chi connectivity index (χ0) is 23.9. The summed E-state index contributed by atoms with van der Waals surface area (Å²) in [6.07, 6.45) is 4.38. The van der Waals surface area contributed by atoms with Gasteiger partial charge in [-0.3, -0.25) is 14.5 Å². The molecule has 7 nitrogen and oxygen atoms in total. The summed E-state index contributed by atoms with van der Waals surface area (Å²) in [5, 5.41) is 5.36. The van der Waals surface area contributed by atoms with Crippen LogP contribution in [0.3, 0.4) is 0 Å². The second kappa shape index (κ2) is 11.3. The van der Waals surface area contributed by atoms with Gasteiger partial charge in [0.2, 0.25) is 11.8 Å². The number of rotatable bonds is 9. The van der Waals surface area contributed by atoms with Crippen molar-refractivity contribution >= 4 is 39.7 Å². The minimum absolute atomic E-state index is 0.0137. The summed E-state index contributed by atoms with van der Waals surface area (Å²) in [4.78, 5) is 28.8. The third-order valence-electron chi connectivity index (χ3n) is 6.43. The first-order chi connectivity index (χ1) is 16.6. The molecule has 180 valence electrons. The molecule has 1 fully saturated rings. The number of aromatic nitrogens is 1. The van der Waals surface area contributed by atoms with Crippen LogP contribution >= 0.6 is 0 Å². The van der Waals surface area contributed by atoms with Crippen molar-refractivity contribution in [2.75, 3.05) is 53.0 Å². The highest BCUT2D eigenvalue weighted by Crippen LogP contribution is 2.30. The molecule has 2 amide bonds. The number of nitrogens with zero attached hydrogens (tertiary/aromatic N) is 3. The number of methoxy groups -OCH3 is 1. The number of hydrogen-bond acceptors (Lipinski definition) is 4. The van der Waals surface area contributed by atoms with Gasteiger partial charge in [-0.15, -0.1) is 0 Å². The van der Waals surface area contributed by atoms with E-state index in [0.717, 1.165) is 18.5 Å². The second-order valence-electron chi connectivity index (χ2n) is 8.67. The highest BCUT2D eigenvalue weighted by molar-refractivity contribution is 6.08. The zero-order valence-electron chi connectivity index (χ0n) is 20.1. The molecule has 1 aliphatic heterocycles. The Balaban J connectivity index is 1.33. The molecule has 0 atom stereocenters. The quantitative estimate of drug-likeness (QED) is 0.392. The van der Waals surface area contributed by atoms with Crippen molar-refractivity contribution in [2.45, 2.75) is 19.9 Å². The van der Waals surface area contributed by atoms with Gasteiger partial charge in [-0.1, -0.05) is 24.3 Å². The summed E-state index contributed by atoms with van der Waals surface area (Å²) in [5.41, 5.74) is 3.47. The molecule has 1 aromatic heterocycles. The molecule has 0 aliphatic carbocycles. The van der Waals surface area contributed by atoms with Crippen molar-refractivity contribution in [3.05, 3.63) is 54.1 Å². The summed E-state index contributed by atoms with van der Waals surface area (Å²) in [5.74, 6) is 0.0374. The van der Waals surface area contributed by atoms with Crippen LogP contribution in [0.25, 0.3) is 27.9 Å². The van der Waals surface area contributed by atoms with Crippen LogP contribution in [0.1, 0.15) is 18.9 Å². The maximum absolute atomic E-state index is 12.8. The molecule has 2 heterocycles. The van der Waals surface area contributed by atoms with E-state index in [4.69, 9.17) is 4.74 Å². The van der Waals surface area contributed by atoms with E-state index in [2.05, 4.69) is 64.2 Å². The van der Waals surface area contributed by atoms with Crippen molar-refractivity contribution in [3.63, 3.8) is 0 Å². The Morgan fingerprint density at radius 1 is 1.03 bits per heavy atom. The van der Waals surface area contributed by atoms with Gasteiger partial charge in [-0.05, 0) is 43.2 Å². The summed E-state index contributed by atoms with van der Waals surface area (Å²) in [6, 6.07) is 14.8. The number of para-hydroxylation sites is 1. The standard InChI is InChI=1S/C27H34N4O3/c1-3-31-24-8-5-4-7-22(24)23-19-21(9-11-25(23)31)10-12-27(33)30-16-14-29(15-17-30)20-26(32)28-13-6-18-34-2/h4-5,7-12,19H,3,6,13-18,20H2,1-2H3,(H,28,32)/b12-10+. The lowest BCUT2D eigenvalue weighted by Gasteiger charge is -2.33. The number of fused-ring (bicyclic) bond motifs is 3. The fraction of sp³-hybridized carbons (Fsp3) is 0.407. The van der Waals surface area contributed by atoms with E-state index < -0.39 is 0 Å². The van der Waals surface area contributed by atoms with Gasteiger partial charge in [-0.25, -0.2) is 0 Å². The number of piperazine rings is 1. The first-order valence-electron chi connectivity index (χ1n) is 12.1. The Morgan fingerprint density at radius 2 is 1.79 bits per heavy atom. The molecule has 34 heavy (non-hydrogen) atoms.